The van der Waals surface area contributed by atoms with Gasteiger partial charge < -0.3 is 4.90 Å². The molecule has 0 radical (unpaired) electrons. The Morgan fingerprint density at radius 2 is 1.71 bits per heavy atom. The third-order valence-electron chi connectivity index (χ3n) is 4.24. The van der Waals surface area contributed by atoms with E-state index < -0.39 is 5.69 Å². The molecule has 1 amide bonds. The predicted molar refractivity (Wildman–Crippen MR) is 89.1 cm³/mol. The van der Waals surface area contributed by atoms with E-state index in [4.69, 9.17) is 0 Å². The van der Waals surface area contributed by atoms with Gasteiger partial charge in [0.25, 0.3) is 5.91 Å². The Labute approximate surface area is 138 Å². The summed E-state index contributed by atoms with van der Waals surface area (Å²) >= 11 is 0. The first-order valence-corrected chi connectivity index (χ1v) is 7.83. The zero-order chi connectivity index (χ0) is 16.5. The van der Waals surface area contributed by atoms with Crippen molar-refractivity contribution in [2.75, 3.05) is 6.54 Å². The molecule has 4 rings (SSSR count). The summed E-state index contributed by atoms with van der Waals surface area (Å²) in [7, 11) is 0. The normalized spacial score (nSPS) is 13.6. The molecule has 2 heterocycles. The van der Waals surface area contributed by atoms with Gasteiger partial charge in [-0.3, -0.25) is 9.78 Å². The highest BCUT2D eigenvalue weighted by Crippen LogP contribution is 2.19. The lowest BCUT2D eigenvalue weighted by Gasteiger charge is -2.27. The SMILES string of the molecule is O=C(c1nn(-c2ccccc2)c(=O)[nH]1)N1CCc2ccccc2C1. The lowest BCUT2D eigenvalue weighted by Crippen LogP contribution is -2.36. The number of nitrogens with one attached hydrogen (secondary N) is 1. The van der Waals surface area contributed by atoms with Crippen LogP contribution < -0.4 is 5.69 Å². The molecule has 0 fully saturated rings. The van der Waals surface area contributed by atoms with Gasteiger partial charge in [-0.1, -0.05) is 42.5 Å². The van der Waals surface area contributed by atoms with Gasteiger partial charge in [0.05, 0.1) is 5.69 Å². The van der Waals surface area contributed by atoms with Crippen molar-refractivity contribution in [2.24, 2.45) is 0 Å². The number of rotatable bonds is 2. The molecule has 24 heavy (non-hydrogen) atoms. The maximum absolute atomic E-state index is 12.7. The summed E-state index contributed by atoms with van der Waals surface area (Å²) in [5.41, 5.74) is 2.62. The number of carbonyl (C=O) groups is 1. The lowest BCUT2D eigenvalue weighted by atomic mass is 10.00. The van der Waals surface area contributed by atoms with Crippen molar-refractivity contribution in [3.05, 3.63) is 82.0 Å². The number of fused-ring (bicyclic) bond motifs is 1. The fourth-order valence-electron chi connectivity index (χ4n) is 2.98. The van der Waals surface area contributed by atoms with E-state index in [-0.39, 0.29) is 11.7 Å². The predicted octanol–water partition coefficient (Wildman–Crippen LogP) is 1.76. The first-order valence-electron chi connectivity index (χ1n) is 7.83. The zero-order valence-corrected chi connectivity index (χ0v) is 13.0. The third-order valence-corrected chi connectivity index (χ3v) is 4.24. The van der Waals surface area contributed by atoms with Crippen LogP contribution in [0.2, 0.25) is 0 Å². The Balaban J connectivity index is 1.61. The van der Waals surface area contributed by atoms with Crippen LogP contribution in [0.25, 0.3) is 5.69 Å². The van der Waals surface area contributed by atoms with E-state index in [0.717, 1.165) is 12.0 Å². The number of H-pyrrole nitrogens is 1. The first-order chi connectivity index (χ1) is 11.7. The monoisotopic (exact) mass is 320 g/mol. The number of hydrogen-bond donors (Lipinski definition) is 1. The Morgan fingerprint density at radius 1 is 1.00 bits per heavy atom. The second kappa shape index (κ2) is 5.81. The molecule has 0 aliphatic carbocycles. The minimum Gasteiger partial charge on any atom is -0.331 e. The summed E-state index contributed by atoms with van der Waals surface area (Å²) in [6.45, 7) is 1.16. The molecule has 6 nitrogen and oxygen atoms in total. The van der Waals surface area contributed by atoms with Gasteiger partial charge in [0.1, 0.15) is 0 Å². The second-order valence-electron chi connectivity index (χ2n) is 5.77. The fraction of sp³-hybridized carbons (Fsp3) is 0.167. The average molecular weight is 320 g/mol. The van der Waals surface area contributed by atoms with E-state index in [2.05, 4.69) is 16.1 Å². The van der Waals surface area contributed by atoms with Crippen molar-refractivity contribution in [3.8, 4) is 5.69 Å². The summed E-state index contributed by atoms with van der Waals surface area (Å²) in [6, 6.07) is 17.1. The Bertz CT molecular complexity index is 943. The van der Waals surface area contributed by atoms with Crippen LogP contribution in [0.1, 0.15) is 21.7 Å². The van der Waals surface area contributed by atoms with E-state index in [1.807, 2.05) is 36.4 Å². The molecular weight excluding hydrogens is 304 g/mol. The Kier molecular flexibility index (Phi) is 3.49. The van der Waals surface area contributed by atoms with Gasteiger partial charge in [-0.15, -0.1) is 5.10 Å². The quantitative estimate of drug-likeness (QED) is 0.782. The van der Waals surface area contributed by atoms with Gasteiger partial charge in [0.15, 0.2) is 0 Å². The molecule has 3 aromatic rings. The molecule has 0 unspecified atom stereocenters. The number of benzene rings is 2. The lowest BCUT2D eigenvalue weighted by molar-refractivity contribution is 0.0722. The molecule has 1 aliphatic rings. The van der Waals surface area contributed by atoms with Crippen molar-refractivity contribution in [3.63, 3.8) is 0 Å². The molecule has 1 aliphatic heterocycles. The minimum absolute atomic E-state index is 0.0724. The third kappa shape index (κ3) is 2.52. The number of carbonyl (C=O) groups excluding carboxylic acids is 1. The van der Waals surface area contributed by atoms with Gasteiger partial charge in [-0.25, -0.2) is 4.79 Å². The molecule has 1 N–H and O–H groups in total. The van der Waals surface area contributed by atoms with Crippen molar-refractivity contribution >= 4 is 5.91 Å². The maximum atomic E-state index is 12.7. The highest BCUT2D eigenvalue weighted by atomic mass is 16.2. The Morgan fingerprint density at radius 3 is 2.50 bits per heavy atom. The van der Waals surface area contributed by atoms with Crippen LogP contribution in [0, 0.1) is 0 Å². The summed E-state index contributed by atoms with van der Waals surface area (Å²) in [5.74, 6) is -0.181. The summed E-state index contributed by atoms with van der Waals surface area (Å²) in [4.78, 5) is 29.1. The van der Waals surface area contributed by atoms with Crippen molar-refractivity contribution < 1.29 is 4.79 Å². The van der Waals surface area contributed by atoms with Crippen LogP contribution >= 0.6 is 0 Å². The highest BCUT2D eigenvalue weighted by Gasteiger charge is 2.24. The molecule has 0 spiro atoms. The van der Waals surface area contributed by atoms with Gasteiger partial charge in [-0.2, -0.15) is 4.68 Å². The van der Waals surface area contributed by atoms with Crippen molar-refractivity contribution in [2.45, 2.75) is 13.0 Å². The second-order valence-corrected chi connectivity index (χ2v) is 5.77. The Hall–Kier alpha value is -3.15. The summed E-state index contributed by atoms with van der Waals surface area (Å²) in [6.07, 6.45) is 0.811. The maximum Gasteiger partial charge on any atom is 0.348 e. The topological polar surface area (TPSA) is 71.0 Å². The van der Waals surface area contributed by atoms with Crippen LogP contribution in [0.15, 0.2) is 59.4 Å². The molecule has 0 atom stereocenters. The molecule has 0 bridgehead atoms. The molecule has 0 saturated heterocycles. The zero-order valence-electron chi connectivity index (χ0n) is 13.0. The number of aromatic nitrogens is 3. The number of nitrogens with zero attached hydrogens (tertiary/aromatic N) is 3. The van der Waals surface area contributed by atoms with Crippen LogP contribution in [-0.2, 0) is 13.0 Å². The fourth-order valence-corrected chi connectivity index (χ4v) is 2.98. The van der Waals surface area contributed by atoms with Gasteiger partial charge in [-0.05, 0) is 29.7 Å². The highest BCUT2D eigenvalue weighted by molar-refractivity contribution is 5.90. The van der Waals surface area contributed by atoms with Gasteiger partial charge in [0, 0.05) is 13.1 Å². The number of hydrogen-bond acceptors (Lipinski definition) is 3. The molecule has 6 heteroatoms. The van der Waals surface area contributed by atoms with Gasteiger partial charge in [0.2, 0.25) is 5.82 Å². The van der Waals surface area contributed by atoms with Crippen LogP contribution in [0.5, 0.6) is 0 Å². The molecule has 0 saturated carbocycles. The van der Waals surface area contributed by atoms with Crippen LogP contribution in [0.4, 0.5) is 0 Å². The smallest absolute Gasteiger partial charge is 0.331 e. The van der Waals surface area contributed by atoms with Gasteiger partial charge >= 0.3 is 5.69 Å². The first kappa shape index (κ1) is 14.4. The van der Waals surface area contributed by atoms with E-state index in [1.54, 1.807) is 17.0 Å². The van der Waals surface area contributed by atoms with Crippen molar-refractivity contribution in [1.29, 1.82) is 0 Å². The molecule has 1 aromatic heterocycles. The minimum atomic E-state index is -0.415. The average Bonchev–Trinajstić information content (AvgIpc) is 3.03. The van der Waals surface area contributed by atoms with Crippen LogP contribution in [0.3, 0.4) is 0 Å². The van der Waals surface area contributed by atoms with E-state index >= 15 is 0 Å². The summed E-state index contributed by atoms with van der Waals surface area (Å²) < 4.78 is 1.21. The standard InChI is InChI=1S/C18H16N4O2/c23-17(21-11-10-13-6-4-5-7-14(13)12-21)16-19-18(24)22(20-16)15-8-2-1-3-9-15/h1-9H,10-12H2,(H,19,20,24). The van der Waals surface area contributed by atoms with Crippen molar-refractivity contribution in [1.82, 2.24) is 19.7 Å². The summed E-state index contributed by atoms with van der Waals surface area (Å²) in [5, 5.41) is 4.17. The van der Waals surface area contributed by atoms with Crippen LogP contribution in [-0.4, -0.2) is 32.1 Å². The largest absolute Gasteiger partial charge is 0.348 e. The number of amides is 1. The number of para-hydroxylation sites is 1. The number of aromatic amines is 1. The van der Waals surface area contributed by atoms with E-state index in [9.17, 15) is 9.59 Å². The van der Waals surface area contributed by atoms with E-state index in [0.29, 0.717) is 18.8 Å². The van der Waals surface area contributed by atoms with E-state index in [1.165, 1.54) is 10.2 Å². The molecule has 120 valence electrons. The molecular formula is C18H16N4O2. The molecule has 2 aromatic carbocycles.